The van der Waals surface area contributed by atoms with Crippen LogP contribution in [0.4, 0.5) is 0 Å². The molecule has 0 aromatic carbocycles. The lowest BCUT2D eigenvalue weighted by molar-refractivity contribution is -0.378. The molecule has 0 aromatic rings. The number of rotatable bonds is 92. The molecule has 0 saturated carbocycles. The molecule has 4 rings (SSSR count). The van der Waals surface area contributed by atoms with Gasteiger partial charge in [-0.05, 0) is 51.4 Å². The summed E-state index contributed by atoms with van der Waals surface area (Å²) < 4.78 is 87.6. The smallest absolute Gasteiger partial charge is 0.470 e. The number of nitrogens with one attached hydrogen (secondary N) is 2. The number of phosphoric acid groups is 1. The number of carbonyl (C=O) groups excluding carboxylic acids is 6. The molecule has 0 aromatic heterocycles. The third-order valence-corrected chi connectivity index (χ3v) is 29.6. The number of carboxylic acid groups (broad SMARTS) is 2. The zero-order valence-corrected chi connectivity index (χ0v) is 92.2. The summed E-state index contributed by atoms with van der Waals surface area (Å²) in [4.78, 5) is 139. The third-order valence-electron chi connectivity index (χ3n) is 29.1. The fourth-order valence-corrected chi connectivity index (χ4v) is 20.8. The summed E-state index contributed by atoms with van der Waals surface area (Å²) in [5.41, 5.74) is 0. The second kappa shape index (κ2) is 80.8. The number of aliphatic hydroxyl groups is 11. The van der Waals surface area contributed by atoms with Gasteiger partial charge in [-0.2, -0.15) is 0 Å². The Morgan fingerprint density at radius 1 is 0.369 bits per heavy atom. The second-order valence-electron chi connectivity index (χ2n) is 42.5. The van der Waals surface area contributed by atoms with Crippen LogP contribution in [0.5, 0.6) is 0 Å². The van der Waals surface area contributed by atoms with Crippen molar-refractivity contribution in [2.24, 2.45) is 0 Å². The molecule has 4 heterocycles. The number of aliphatic hydroxyl groups excluding tert-OH is 11. The van der Waals surface area contributed by atoms with Gasteiger partial charge in [0.15, 0.2) is 24.8 Å². The number of hydrogen-bond acceptors (Lipinski definition) is 32. The molecule has 0 aliphatic carbocycles. The zero-order valence-electron chi connectivity index (χ0n) is 91.3. The maximum Gasteiger partial charge on any atom is 0.470 e. The molecule has 149 heavy (non-hydrogen) atoms. The quantitative estimate of drug-likeness (QED) is 0.0116. The SMILES string of the molecule is CCCCCCCCCCCCCC(=O)O[C@H](CCCCCCCCCCC)CC(=O)OC1C(NC(=O)C[C@@H](CCCCCCCCCCC)OC(=O)CCCCCCCCCCC)[C@H](OCC2O[C@H](O)C(NC(=O)C[C@H](O)CCCCCCCCCCC)C(OC(=O)C[C@H](O)CCCCCCCCCCC)[C@@H]2O)OC(CO[C@]2(C(=O)O)CC(O[C@]3(C(=O)O)CC(O)[C@@H](O)C([C@H](O)CO)O3)[C@@H](O)C([C@H](O)CO)O2)[C@H]1OP(=O)(O)O. The van der Waals surface area contributed by atoms with Crippen molar-refractivity contribution < 1.29 is 176 Å². The molecule has 2 amide bonds. The molecule has 4 fully saturated rings. The van der Waals surface area contributed by atoms with Crippen molar-refractivity contribution in [3.8, 4) is 0 Å². The van der Waals surface area contributed by atoms with Crippen LogP contribution in [-0.4, -0.2) is 296 Å². The number of esters is 4. The first kappa shape index (κ1) is 136. The van der Waals surface area contributed by atoms with Crippen LogP contribution in [0.2, 0.25) is 0 Å². The van der Waals surface area contributed by atoms with E-state index in [2.05, 4.69) is 52.2 Å². The molecule has 24 atom stereocenters. The van der Waals surface area contributed by atoms with Gasteiger partial charge in [-0.3, -0.25) is 33.3 Å². The van der Waals surface area contributed by atoms with Gasteiger partial charge in [-0.1, -0.05) is 375 Å². The zero-order chi connectivity index (χ0) is 110. The van der Waals surface area contributed by atoms with Crippen LogP contribution in [-0.2, 0) is 99.6 Å². The minimum atomic E-state index is -6.15. The monoisotopic (exact) mass is 2160 g/mol. The first-order valence-corrected chi connectivity index (χ1v) is 59.6. The van der Waals surface area contributed by atoms with Crippen LogP contribution in [0.3, 0.4) is 0 Å². The lowest BCUT2D eigenvalue weighted by Crippen LogP contribution is -2.69. The molecular formula is C110H201N2O36P. The lowest BCUT2D eigenvalue weighted by Gasteiger charge is -2.50. The van der Waals surface area contributed by atoms with Gasteiger partial charge in [0.05, 0.1) is 76.5 Å². The van der Waals surface area contributed by atoms with E-state index in [-0.39, 0.29) is 38.5 Å². The lowest BCUT2D eigenvalue weighted by atomic mass is 9.90. The summed E-state index contributed by atoms with van der Waals surface area (Å²) in [6.45, 7) is 7.64. The largest absolute Gasteiger partial charge is 0.477 e. The number of carbonyl (C=O) groups is 8. The second-order valence-corrected chi connectivity index (χ2v) is 43.7. The van der Waals surface area contributed by atoms with E-state index in [0.29, 0.717) is 64.2 Å². The molecule has 39 heteroatoms. The van der Waals surface area contributed by atoms with Crippen molar-refractivity contribution in [2.45, 2.75) is 624 Å². The van der Waals surface area contributed by atoms with E-state index in [1.165, 1.54) is 12.8 Å². The third kappa shape index (κ3) is 56.8. The Morgan fingerprint density at radius 2 is 0.718 bits per heavy atom. The van der Waals surface area contributed by atoms with Crippen LogP contribution >= 0.6 is 7.82 Å². The normalized spacial score (nSPS) is 25.4. The van der Waals surface area contributed by atoms with E-state index in [1.807, 2.05) is 0 Å². The molecule has 4 aliphatic rings. The van der Waals surface area contributed by atoms with Crippen molar-refractivity contribution in [3.05, 3.63) is 0 Å². The maximum absolute atomic E-state index is 15.7. The highest BCUT2D eigenvalue weighted by molar-refractivity contribution is 7.46. The summed E-state index contributed by atoms with van der Waals surface area (Å²) in [6, 6.07) is -4.06. The van der Waals surface area contributed by atoms with Gasteiger partial charge in [0, 0.05) is 25.7 Å². The number of hydrogen-bond donors (Lipinski definition) is 17. The van der Waals surface area contributed by atoms with E-state index < -0.39 is 267 Å². The highest BCUT2D eigenvalue weighted by Gasteiger charge is 2.63. The summed E-state index contributed by atoms with van der Waals surface area (Å²) >= 11 is 0. The summed E-state index contributed by atoms with van der Waals surface area (Å²) in [7, 11) is -6.15. The van der Waals surface area contributed by atoms with E-state index in [0.717, 1.165) is 283 Å². The minimum Gasteiger partial charge on any atom is -0.477 e. The van der Waals surface area contributed by atoms with Gasteiger partial charge in [0.1, 0.15) is 85.3 Å². The predicted octanol–water partition coefficient (Wildman–Crippen LogP) is 15.8. The molecule has 38 nitrogen and oxygen atoms in total. The van der Waals surface area contributed by atoms with Crippen LogP contribution in [0.15, 0.2) is 0 Å². The average molecular weight is 2160 g/mol. The van der Waals surface area contributed by atoms with Crippen molar-refractivity contribution in [3.63, 3.8) is 0 Å². The van der Waals surface area contributed by atoms with Crippen LogP contribution in [0.1, 0.15) is 478 Å². The van der Waals surface area contributed by atoms with E-state index in [1.54, 1.807) is 0 Å². The predicted molar refractivity (Wildman–Crippen MR) is 557 cm³/mol. The Balaban J connectivity index is 2.05. The first-order valence-electron chi connectivity index (χ1n) is 58.1. The van der Waals surface area contributed by atoms with Gasteiger partial charge in [0.2, 0.25) is 11.8 Å². The molecule has 10 unspecified atom stereocenters. The van der Waals surface area contributed by atoms with Crippen LogP contribution in [0.25, 0.3) is 0 Å². The number of aliphatic carboxylic acids is 2. The fourth-order valence-electron chi connectivity index (χ4n) is 20.2. The van der Waals surface area contributed by atoms with Gasteiger partial charge in [-0.15, -0.1) is 0 Å². The number of phosphoric ester groups is 1. The van der Waals surface area contributed by atoms with Gasteiger partial charge < -0.3 is 139 Å². The van der Waals surface area contributed by atoms with Gasteiger partial charge in [0.25, 0.3) is 11.6 Å². The molecule has 4 aliphatic heterocycles. The maximum atomic E-state index is 15.7. The molecule has 4 saturated heterocycles. The number of unbranched alkanes of at least 4 members (excludes halogenated alkanes) is 50. The highest BCUT2D eigenvalue weighted by atomic mass is 31.2. The Labute approximate surface area is 888 Å². The van der Waals surface area contributed by atoms with E-state index in [4.69, 9.17) is 56.6 Å². The molecule has 0 radical (unpaired) electrons. The standard InChI is InChI=1S/C110H201N2O36P/c1-7-13-19-25-31-37-38-44-50-56-62-68-92(123)140-82(66-60-54-48-42-35-29-23-17-11-5)72-94(125)144-104-96(112-90(121)71-81(65-59-53-47-41-34-28-22-16-10-4)139-91(122)67-61-55-49-43-36-30-24-18-12-6)106(142-88(102(104)148-149(134,135)136)78-138-109(107(130)131)74-86(98(127)101(146-109)85(119)76-114)145-110(108(132)133)73-83(117)97(126)100(147-110)84(118)75-113)137-77-87-99(128)103(143-93(124)70-80(116)64-58-52-46-40-33-27-21-15-9-3)95(105(129)141-87)111-89(120)69-79(115)63-57-51-45-39-32-26-20-14-8-2/h79-88,95-106,113-119,126-129H,7-78H2,1-6H3,(H,111,120)(H,112,121)(H,130,131)(H,132,133)(H2,134,135,136)/t79-,80-,81-,82-,83?,84-,85-,86?,87?,88?,95?,96?,97-,98-,99-,100?,101?,102-,103?,104?,105+,106-,109-,110-/m1/s1. The Morgan fingerprint density at radius 3 is 1.12 bits per heavy atom. The van der Waals surface area contributed by atoms with Crippen molar-refractivity contribution in [1.29, 1.82) is 0 Å². The average Bonchev–Trinajstić information content (AvgIpc) is 0.746. The highest BCUT2D eigenvalue weighted by Crippen LogP contribution is 2.46. The summed E-state index contributed by atoms with van der Waals surface area (Å²) in [5.74, 6) is -16.8. The summed E-state index contributed by atoms with van der Waals surface area (Å²) in [5, 5.41) is 153. The molecule has 17 N–H and O–H groups in total. The molecular weight excluding hydrogens is 1960 g/mol. The topological polar surface area (TPSA) is 592 Å². The number of ether oxygens (including phenoxy) is 11. The Bertz CT molecular complexity index is 3560. The minimum absolute atomic E-state index is 0.0225. The van der Waals surface area contributed by atoms with Crippen LogP contribution < -0.4 is 10.6 Å². The van der Waals surface area contributed by atoms with Crippen molar-refractivity contribution in [1.82, 2.24) is 10.6 Å². The number of carboxylic acids is 2. The molecule has 0 bridgehead atoms. The Kier molecular flexibility index (Phi) is 74.0. The molecule has 872 valence electrons. The molecule has 0 spiro atoms. The van der Waals surface area contributed by atoms with Crippen molar-refractivity contribution >= 4 is 55.5 Å². The van der Waals surface area contributed by atoms with E-state index in [9.17, 15) is 110 Å². The first-order chi connectivity index (χ1) is 71.6. The summed E-state index contributed by atoms with van der Waals surface area (Å²) in [6.07, 6.45) is 6.25. The van der Waals surface area contributed by atoms with Gasteiger partial charge in [-0.25, -0.2) is 14.2 Å². The van der Waals surface area contributed by atoms with Crippen molar-refractivity contribution in [2.75, 3.05) is 26.4 Å². The van der Waals surface area contributed by atoms with Crippen LogP contribution in [0, 0.1) is 0 Å². The van der Waals surface area contributed by atoms with E-state index >= 15 is 9.59 Å². The Hall–Kier alpha value is -4.85. The van der Waals surface area contributed by atoms with Gasteiger partial charge >= 0.3 is 43.6 Å². The fraction of sp³-hybridized carbons (Fsp3) is 0.927. The number of amides is 2.